The van der Waals surface area contributed by atoms with Gasteiger partial charge in [0, 0.05) is 33.6 Å². The van der Waals surface area contributed by atoms with Gasteiger partial charge in [0.15, 0.2) is 23.1 Å². The summed E-state index contributed by atoms with van der Waals surface area (Å²) < 4.78 is 11.8. The highest BCUT2D eigenvalue weighted by Gasteiger charge is 2.30. The van der Waals surface area contributed by atoms with Gasteiger partial charge < -0.3 is 20.1 Å². The summed E-state index contributed by atoms with van der Waals surface area (Å²) in [6.45, 7) is 3.62. The molecule has 2 atom stereocenters. The number of ketones is 2. The Hall–Kier alpha value is -4.40. The minimum atomic E-state index is -0.679. The van der Waals surface area contributed by atoms with Crippen molar-refractivity contribution in [3.05, 3.63) is 117 Å². The van der Waals surface area contributed by atoms with Crippen LogP contribution in [0.5, 0.6) is 0 Å². The lowest BCUT2D eigenvalue weighted by molar-refractivity contribution is -0.124. The lowest BCUT2D eigenvalue weighted by Crippen LogP contribution is -2.25. The summed E-state index contributed by atoms with van der Waals surface area (Å²) in [4.78, 5) is 50.7. The van der Waals surface area contributed by atoms with Gasteiger partial charge in [-0.25, -0.2) is 0 Å². The molecule has 10 heteroatoms. The first-order valence-corrected chi connectivity index (χ1v) is 13.9. The summed E-state index contributed by atoms with van der Waals surface area (Å²) in [5.41, 5.74) is 3.99. The highest BCUT2D eigenvalue weighted by molar-refractivity contribution is 6.31. The normalized spacial score (nSPS) is 18.3. The Morgan fingerprint density at radius 2 is 1.05 bits per heavy atom. The molecule has 3 aromatic carbocycles. The molecule has 2 aliphatic heterocycles. The van der Waals surface area contributed by atoms with Gasteiger partial charge in [0.1, 0.15) is 12.2 Å². The predicted octanol–water partition coefficient (Wildman–Crippen LogP) is 6.72. The number of carbonyl (C=O) groups is 4. The lowest BCUT2D eigenvalue weighted by atomic mass is 9.96. The number of carbonyl (C=O) groups excluding carboxylic acids is 4. The zero-order chi connectivity index (χ0) is 30.0. The highest BCUT2D eigenvalue weighted by atomic mass is 35.5. The first-order chi connectivity index (χ1) is 20.0. The molecule has 0 fully saturated rings. The number of hydrogen-bond donors (Lipinski definition) is 2. The van der Waals surface area contributed by atoms with Gasteiger partial charge in [0.05, 0.1) is 12.8 Å². The molecule has 2 amide bonds. The standard InChI is InChI=1S/C32H26Cl2N2O6/c1-17-11-21(33)7-9-25(17)35-31(39)29-15-23(37)13-27(41-29)19-3-5-20(6-4-19)28-14-24(38)16-30(42-28)32(40)36-26-10-8-22(34)12-18(26)2/h3-12,15-16,27-28H,13-14H2,1-2H3,(H,35,39)(H,36,40)/t27-,28-/m0/s1. The van der Waals surface area contributed by atoms with E-state index in [0.717, 1.165) is 11.1 Å². The van der Waals surface area contributed by atoms with E-state index in [1.165, 1.54) is 12.2 Å². The second-order valence-corrected chi connectivity index (χ2v) is 10.9. The molecule has 2 heterocycles. The average Bonchev–Trinajstić information content (AvgIpc) is 2.95. The van der Waals surface area contributed by atoms with E-state index in [9.17, 15) is 19.2 Å². The Balaban J connectivity index is 1.25. The van der Waals surface area contributed by atoms with Crippen molar-refractivity contribution in [1.29, 1.82) is 0 Å². The number of rotatable bonds is 6. The molecule has 0 saturated carbocycles. The molecule has 0 spiro atoms. The molecule has 0 aromatic heterocycles. The molecule has 2 N–H and O–H groups in total. The SMILES string of the molecule is Cc1cc(Cl)ccc1NC(=O)C1=CC(=O)C[C@@H](c2ccc([C@@H]3CC(=O)C=C(C(=O)Nc4ccc(Cl)cc4C)O3)cc2)O1. The molecule has 0 bridgehead atoms. The fraction of sp³-hybridized carbons (Fsp3) is 0.188. The number of nitrogens with one attached hydrogen (secondary N) is 2. The van der Waals surface area contributed by atoms with Crippen LogP contribution >= 0.6 is 23.2 Å². The van der Waals surface area contributed by atoms with E-state index in [4.69, 9.17) is 32.7 Å². The fourth-order valence-corrected chi connectivity index (χ4v) is 5.12. The number of anilines is 2. The average molecular weight is 605 g/mol. The van der Waals surface area contributed by atoms with E-state index >= 15 is 0 Å². The van der Waals surface area contributed by atoms with Crippen LogP contribution in [0.25, 0.3) is 0 Å². The summed E-state index contributed by atoms with van der Waals surface area (Å²) in [5, 5.41) is 6.60. The van der Waals surface area contributed by atoms with Crippen molar-refractivity contribution in [2.24, 2.45) is 0 Å². The topological polar surface area (TPSA) is 111 Å². The van der Waals surface area contributed by atoms with Crippen LogP contribution in [-0.2, 0) is 28.7 Å². The smallest absolute Gasteiger partial charge is 0.290 e. The second-order valence-electron chi connectivity index (χ2n) is 10.1. The van der Waals surface area contributed by atoms with E-state index in [1.807, 2.05) is 13.8 Å². The first-order valence-electron chi connectivity index (χ1n) is 13.1. The van der Waals surface area contributed by atoms with Crippen LogP contribution in [0.15, 0.2) is 84.3 Å². The monoisotopic (exact) mass is 604 g/mol. The van der Waals surface area contributed by atoms with Crippen LogP contribution in [0.4, 0.5) is 11.4 Å². The summed E-state index contributed by atoms with van der Waals surface area (Å²) in [6.07, 6.45) is 1.15. The maximum Gasteiger partial charge on any atom is 0.290 e. The Morgan fingerprint density at radius 3 is 1.40 bits per heavy atom. The van der Waals surface area contributed by atoms with Crippen molar-refractivity contribution in [3.63, 3.8) is 0 Å². The van der Waals surface area contributed by atoms with E-state index < -0.39 is 24.0 Å². The van der Waals surface area contributed by atoms with Crippen LogP contribution in [-0.4, -0.2) is 23.4 Å². The van der Waals surface area contributed by atoms with Gasteiger partial charge in [-0.15, -0.1) is 0 Å². The number of hydrogen-bond acceptors (Lipinski definition) is 6. The maximum absolute atomic E-state index is 12.9. The van der Waals surface area contributed by atoms with E-state index in [-0.39, 0.29) is 35.9 Å². The van der Waals surface area contributed by atoms with Crippen LogP contribution in [0.3, 0.4) is 0 Å². The quantitative estimate of drug-likeness (QED) is 0.323. The van der Waals surface area contributed by atoms with Gasteiger partial charge >= 0.3 is 0 Å². The molecule has 0 saturated heterocycles. The van der Waals surface area contributed by atoms with Crippen molar-refractivity contribution in [2.75, 3.05) is 10.6 Å². The molecule has 42 heavy (non-hydrogen) atoms. The van der Waals surface area contributed by atoms with Crippen LogP contribution in [0, 0.1) is 13.8 Å². The van der Waals surface area contributed by atoms with Crippen molar-refractivity contribution in [2.45, 2.75) is 38.9 Å². The third-order valence-electron chi connectivity index (χ3n) is 6.90. The molecule has 5 rings (SSSR count). The maximum atomic E-state index is 12.9. The Morgan fingerprint density at radius 1 is 0.667 bits per heavy atom. The summed E-state index contributed by atoms with van der Waals surface area (Å²) in [5.74, 6) is -1.76. The Labute approximate surface area is 252 Å². The summed E-state index contributed by atoms with van der Waals surface area (Å²) in [6, 6.07) is 17.1. The number of ether oxygens (including phenoxy) is 2. The second kappa shape index (κ2) is 12.2. The molecule has 214 valence electrons. The molecule has 0 unspecified atom stereocenters. The molecule has 3 aromatic rings. The van der Waals surface area contributed by atoms with Gasteiger partial charge in [0.25, 0.3) is 11.8 Å². The van der Waals surface area contributed by atoms with Crippen LogP contribution in [0.2, 0.25) is 10.0 Å². The zero-order valence-electron chi connectivity index (χ0n) is 22.7. The highest BCUT2D eigenvalue weighted by Crippen LogP contribution is 2.34. The molecule has 2 aliphatic rings. The van der Waals surface area contributed by atoms with Crippen molar-refractivity contribution in [1.82, 2.24) is 0 Å². The van der Waals surface area contributed by atoms with Crippen molar-refractivity contribution >= 4 is 58.0 Å². The molecule has 0 aliphatic carbocycles. The minimum Gasteiger partial charge on any atom is -0.479 e. The van der Waals surface area contributed by atoms with Crippen molar-refractivity contribution in [3.8, 4) is 0 Å². The van der Waals surface area contributed by atoms with E-state index in [0.29, 0.717) is 32.5 Å². The predicted molar refractivity (Wildman–Crippen MR) is 159 cm³/mol. The van der Waals surface area contributed by atoms with Gasteiger partial charge in [0.2, 0.25) is 0 Å². The van der Waals surface area contributed by atoms with Crippen molar-refractivity contribution < 1.29 is 28.7 Å². The molecular formula is C32H26Cl2N2O6. The molecule has 0 radical (unpaired) electrons. The van der Waals surface area contributed by atoms with Gasteiger partial charge in [-0.05, 0) is 72.5 Å². The summed E-state index contributed by atoms with van der Waals surface area (Å²) in [7, 11) is 0. The third-order valence-corrected chi connectivity index (χ3v) is 7.37. The summed E-state index contributed by atoms with van der Waals surface area (Å²) >= 11 is 12.0. The number of aryl methyl sites for hydroxylation is 2. The van der Waals surface area contributed by atoms with E-state index in [1.54, 1.807) is 60.7 Å². The number of allylic oxidation sites excluding steroid dienone is 2. The van der Waals surface area contributed by atoms with Crippen LogP contribution in [0.1, 0.15) is 47.3 Å². The third kappa shape index (κ3) is 6.73. The van der Waals surface area contributed by atoms with E-state index in [2.05, 4.69) is 10.6 Å². The van der Waals surface area contributed by atoms with Gasteiger partial charge in [-0.1, -0.05) is 47.5 Å². The van der Waals surface area contributed by atoms with Crippen LogP contribution < -0.4 is 10.6 Å². The van der Waals surface area contributed by atoms with Gasteiger partial charge in [-0.2, -0.15) is 0 Å². The largest absolute Gasteiger partial charge is 0.479 e. The minimum absolute atomic E-state index is 0.0612. The fourth-order valence-electron chi connectivity index (χ4n) is 4.67. The number of amides is 2. The lowest BCUT2D eigenvalue weighted by Gasteiger charge is -2.26. The Bertz CT molecular complexity index is 1540. The number of halogens is 2. The molecule has 8 nitrogen and oxygen atoms in total. The molecular weight excluding hydrogens is 579 g/mol. The zero-order valence-corrected chi connectivity index (χ0v) is 24.2. The Kier molecular flexibility index (Phi) is 8.47. The van der Waals surface area contributed by atoms with Gasteiger partial charge in [-0.3, -0.25) is 19.2 Å². The number of benzene rings is 3. The first kappa shape index (κ1) is 29.1.